The van der Waals surface area contributed by atoms with E-state index in [-0.39, 0.29) is 11.8 Å². The van der Waals surface area contributed by atoms with Crippen molar-refractivity contribution in [2.45, 2.75) is 94.9 Å². The normalized spacial score (nSPS) is 15.5. The molecule has 5 aliphatic rings. The van der Waals surface area contributed by atoms with E-state index in [1.54, 1.807) is 0 Å². The van der Waals surface area contributed by atoms with Crippen molar-refractivity contribution in [3.8, 4) is 44.5 Å². The third kappa shape index (κ3) is 4.59. The first-order chi connectivity index (χ1) is 30.7. The Morgan fingerprint density at radius 3 is 0.812 bits per heavy atom. The number of benzene rings is 8. The van der Waals surface area contributed by atoms with E-state index >= 15 is 0 Å². The van der Waals surface area contributed by atoms with Crippen LogP contribution in [0.5, 0.6) is 0 Å². The van der Waals surface area contributed by atoms with E-state index in [0.29, 0.717) is 0 Å². The molecule has 0 heterocycles. The first-order valence-electron chi connectivity index (χ1n) is 23.5. The molecule has 0 saturated carbocycles. The Morgan fingerprint density at radius 1 is 0.234 bits per heavy atom. The summed E-state index contributed by atoms with van der Waals surface area (Å²) in [7, 11) is 0. The van der Waals surface area contributed by atoms with E-state index in [1.807, 2.05) is 0 Å². The van der Waals surface area contributed by atoms with Gasteiger partial charge in [0, 0.05) is 11.8 Å². The van der Waals surface area contributed by atoms with Gasteiger partial charge in [-0.2, -0.15) is 0 Å². The maximum Gasteiger partial charge on any atom is 0.0357 e. The van der Waals surface area contributed by atoms with Crippen LogP contribution < -0.4 is 0 Å². The van der Waals surface area contributed by atoms with Crippen LogP contribution in [-0.4, -0.2) is 0 Å². The number of aryl methyl sites for hydroxylation is 12. The van der Waals surface area contributed by atoms with Crippen LogP contribution in [0.4, 0.5) is 0 Å². The van der Waals surface area contributed by atoms with Gasteiger partial charge in [0.1, 0.15) is 0 Å². The minimum atomic E-state index is 0.140. The first-order valence-corrected chi connectivity index (χ1v) is 23.5. The molecule has 0 radical (unpaired) electrons. The van der Waals surface area contributed by atoms with Gasteiger partial charge in [-0.25, -0.2) is 0 Å². The predicted molar refractivity (Wildman–Crippen MR) is 275 cm³/mol. The molecule has 2 atom stereocenters. The lowest BCUT2D eigenvalue weighted by Gasteiger charge is -2.23. The SMILES string of the molecule is Cc1cc(C)c(-c2c3ccc4c5c3-c3c2ccc2c3c3c(ccc6c3c3c(ccc(c4-c4c(C)cc(C)cc4C)c3-5)C6c3c(C)cc(C)cc3C)C2c2c(C)cc(C)cc2C)c(C)c1. The molecule has 0 bridgehead atoms. The van der Waals surface area contributed by atoms with Gasteiger partial charge >= 0.3 is 0 Å². The molecule has 0 aromatic heterocycles. The van der Waals surface area contributed by atoms with Crippen molar-refractivity contribution in [3.63, 3.8) is 0 Å². The molecule has 0 spiro atoms. The van der Waals surface area contributed by atoms with E-state index in [1.165, 1.54) is 188 Å². The summed E-state index contributed by atoms with van der Waals surface area (Å²) in [6.07, 6.45) is 0. The van der Waals surface area contributed by atoms with E-state index in [0.717, 1.165) is 0 Å². The van der Waals surface area contributed by atoms with Crippen LogP contribution in [0.3, 0.4) is 0 Å². The molecular formula is C64H54. The molecule has 2 unspecified atom stereocenters. The molecule has 64 heavy (non-hydrogen) atoms. The minimum Gasteiger partial charge on any atom is -0.0571 e. The fourth-order valence-corrected chi connectivity index (χ4v) is 14.6. The van der Waals surface area contributed by atoms with E-state index in [2.05, 4.69) is 180 Å². The van der Waals surface area contributed by atoms with Gasteiger partial charge in [0.15, 0.2) is 0 Å². The topological polar surface area (TPSA) is 0 Å². The van der Waals surface area contributed by atoms with Crippen LogP contribution in [0.25, 0.3) is 87.6 Å². The van der Waals surface area contributed by atoms with Crippen LogP contribution in [0.1, 0.15) is 112 Å². The van der Waals surface area contributed by atoms with Gasteiger partial charge in [0.2, 0.25) is 0 Å². The summed E-state index contributed by atoms with van der Waals surface area (Å²) in [5.74, 6) is 0.280. The Bertz CT molecular complexity index is 3500. The summed E-state index contributed by atoms with van der Waals surface area (Å²) < 4.78 is 0. The van der Waals surface area contributed by atoms with Gasteiger partial charge < -0.3 is 0 Å². The molecule has 310 valence electrons. The van der Waals surface area contributed by atoms with Crippen LogP contribution >= 0.6 is 0 Å². The van der Waals surface area contributed by atoms with Gasteiger partial charge in [-0.3, -0.25) is 0 Å². The van der Waals surface area contributed by atoms with Crippen molar-refractivity contribution in [2.75, 3.05) is 0 Å². The molecular weight excluding hydrogens is 769 g/mol. The summed E-state index contributed by atoms with van der Waals surface area (Å²) in [5, 5.41) is 11.4. The molecule has 0 nitrogen and oxygen atoms in total. The molecule has 0 fully saturated rings. The Labute approximate surface area is 378 Å². The van der Waals surface area contributed by atoms with Crippen LogP contribution in [0.2, 0.25) is 0 Å². The van der Waals surface area contributed by atoms with Crippen molar-refractivity contribution < 1.29 is 0 Å². The van der Waals surface area contributed by atoms with Crippen LogP contribution in [0, 0.1) is 83.1 Å². The summed E-state index contributed by atoms with van der Waals surface area (Å²) in [5.41, 5.74) is 36.4. The van der Waals surface area contributed by atoms with Gasteiger partial charge in [0.25, 0.3) is 0 Å². The van der Waals surface area contributed by atoms with Crippen molar-refractivity contribution >= 4 is 43.1 Å². The van der Waals surface area contributed by atoms with Crippen LogP contribution in [-0.2, 0) is 0 Å². The molecule has 5 aliphatic carbocycles. The highest BCUT2D eigenvalue weighted by Crippen LogP contribution is 2.66. The van der Waals surface area contributed by atoms with Gasteiger partial charge in [-0.15, -0.1) is 0 Å². The smallest absolute Gasteiger partial charge is 0.0357 e. The Morgan fingerprint density at radius 2 is 0.484 bits per heavy atom. The lowest BCUT2D eigenvalue weighted by atomic mass is 9.80. The second kappa shape index (κ2) is 12.6. The summed E-state index contributed by atoms with van der Waals surface area (Å²) in [6, 6.07) is 39.5. The molecule has 0 amide bonds. The van der Waals surface area contributed by atoms with Crippen molar-refractivity contribution in [3.05, 3.63) is 197 Å². The molecule has 8 aromatic rings. The van der Waals surface area contributed by atoms with Gasteiger partial charge in [-0.05, 0) is 249 Å². The Hall–Kier alpha value is -6.50. The molecule has 0 N–H and O–H groups in total. The van der Waals surface area contributed by atoms with Crippen molar-refractivity contribution in [2.24, 2.45) is 0 Å². The van der Waals surface area contributed by atoms with Crippen molar-refractivity contribution in [1.82, 2.24) is 0 Å². The molecule has 8 aromatic carbocycles. The highest BCUT2D eigenvalue weighted by molar-refractivity contribution is 6.38. The fraction of sp³-hybridized carbons (Fsp3) is 0.219. The summed E-state index contributed by atoms with van der Waals surface area (Å²) in [6.45, 7) is 27.7. The van der Waals surface area contributed by atoms with Gasteiger partial charge in [-0.1, -0.05) is 119 Å². The monoisotopic (exact) mass is 822 g/mol. The quantitative estimate of drug-likeness (QED) is 0.166. The highest BCUT2D eigenvalue weighted by Gasteiger charge is 2.42. The zero-order valence-electron chi connectivity index (χ0n) is 39.4. The molecule has 0 heteroatoms. The molecule has 0 saturated heterocycles. The number of rotatable bonds is 4. The second-order valence-corrected chi connectivity index (χ2v) is 20.6. The average molecular weight is 823 g/mol. The summed E-state index contributed by atoms with van der Waals surface area (Å²) in [4.78, 5) is 0. The second-order valence-electron chi connectivity index (χ2n) is 20.6. The van der Waals surface area contributed by atoms with E-state index in [9.17, 15) is 0 Å². The summed E-state index contributed by atoms with van der Waals surface area (Å²) >= 11 is 0. The Kier molecular flexibility index (Phi) is 7.48. The number of hydrogen-bond donors (Lipinski definition) is 0. The predicted octanol–water partition coefficient (Wildman–Crippen LogP) is 17.4. The maximum atomic E-state index is 2.56. The molecule has 13 rings (SSSR count). The minimum absolute atomic E-state index is 0.140. The average Bonchev–Trinajstić information content (AvgIpc) is 3.92. The standard InChI is InChI=1S/C64H54/c1-29-21-33(5)49(34(6)22-29)53-41-13-15-43-54(50-35(7)23-30(2)24-36(50)8)45-17-19-47-56(52-39(11)27-32(4)28-40(52)12)48-20-18-46-55(51-37(9)25-31(3)26-38(51)10)44-16-14-42(53)58-57(41)59(43)61(45)63(47)64(48)62(46)60(44)58/h13-28,53-54H,1-12H3. The van der Waals surface area contributed by atoms with Crippen molar-refractivity contribution in [1.29, 1.82) is 0 Å². The van der Waals surface area contributed by atoms with Gasteiger partial charge in [0.05, 0.1) is 0 Å². The number of hydrogen-bond acceptors (Lipinski definition) is 0. The zero-order valence-corrected chi connectivity index (χ0v) is 39.4. The Balaban J connectivity index is 1.32. The van der Waals surface area contributed by atoms with E-state index < -0.39 is 0 Å². The lowest BCUT2D eigenvalue weighted by Crippen LogP contribution is -2.07. The third-order valence-corrected chi connectivity index (χ3v) is 16.2. The third-order valence-electron chi connectivity index (χ3n) is 16.2. The van der Waals surface area contributed by atoms with Crippen LogP contribution in [0.15, 0.2) is 97.1 Å². The maximum absolute atomic E-state index is 2.56. The highest BCUT2D eigenvalue weighted by atomic mass is 14.4. The van der Waals surface area contributed by atoms with E-state index in [4.69, 9.17) is 0 Å². The first kappa shape index (κ1) is 38.0. The molecule has 0 aliphatic heterocycles. The fourth-order valence-electron chi connectivity index (χ4n) is 14.6. The lowest BCUT2D eigenvalue weighted by molar-refractivity contribution is 0.966. The largest absolute Gasteiger partial charge is 0.0571 e. The zero-order chi connectivity index (χ0) is 44.1.